The molecule has 1 aliphatic heterocycles. The fraction of sp³-hybridized carbons (Fsp3) is 0.485. The Hall–Kier alpha value is -4.37. The Morgan fingerprint density at radius 1 is 1.06 bits per heavy atom. The third-order valence-electron chi connectivity index (χ3n) is 9.25. The molecule has 15 heteroatoms. The van der Waals surface area contributed by atoms with Crippen LogP contribution in [0.5, 0.6) is 0 Å². The highest BCUT2D eigenvalue weighted by Crippen LogP contribution is 2.43. The molecule has 1 aliphatic carbocycles. The Balaban J connectivity index is 1.29. The Morgan fingerprint density at radius 3 is 2.46 bits per heavy atom. The number of hydrogen-bond donors (Lipinski definition) is 2. The van der Waals surface area contributed by atoms with Gasteiger partial charge in [0.25, 0.3) is 0 Å². The van der Waals surface area contributed by atoms with E-state index < -0.39 is 23.5 Å². The van der Waals surface area contributed by atoms with Crippen LogP contribution in [0.25, 0.3) is 33.9 Å². The Bertz CT molecular complexity index is 1750. The van der Waals surface area contributed by atoms with E-state index in [2.05, 4.69) is 34.7 Å². The summed E-state index contributed by atoms with van der Waals surface area (Å²) in [4.78, 5) is 39.0. The van der Waals surface area contributed by atoms with Gasteiger partial charge in [0.1, 0.15) is 22.8 Å². The fourth-order valence-electron chi connectivity index (χ4n) is 6.62. The molecule has 2 fully saturated rings. The number of aromatic nitrogens is 5. The number of alkyl halides is 3. The molecule has 11 nitrogen and oxygen atoms in total. The number of benzene rings is 1. The molecule has 1 aromatic carbocycles. The number of pyridine rings is 1. The summed E-state index contributed by atoms with van der Waals surface area (Å²) in [7, 11) is 3.57. The van der Waals surface area contributed by atoms with Crippen LogP contribution in [0.15, 0.2) is 36.7 Å². The molecule has 0 spiro atoms. The maximum atomic E-state index is 14.5. The van der Waals surface area contributed by atoms with Gasteiger partial charge in [-0.05, 0) is 50.1 Å². The molecule has 0 radical (unpaired) electrons. The molecule has 2 N–H and O–H groups in total. The van der Waals surface area contributed by atoms with Crippen molar-refractivity contribution < 1.29 is 32.2 Å². The van der Waals surface area contributed by atoms with Gasteiger partial charge in [-0.3, -0.25) is 9.69 Å². The molecule has 0 amide bonds. The number of nitrogens with one attached hydrogen (secondary N) is 1. The van der Waals surface area contributed by atoms with Crippen molar-refractivity contribution in [2.45, 2.75) is 38.3 Å². The molecule has 4 heterocycles. The maximum absolute atomic E-state index is 14.5. The van der Waals surface area contributed by atoms with Crippen molar-refractivity contribution in [3.05, 3.63) is 48.0 Å². The number of nitrogens with zero attached hydrogens (tertiary/aromatic N) is 7. The minimum Gasteiger partial charge on any atom is -0.481 e. The van der Waals surface area contributed by atoms with Gasteiger partial charge < -0.3 is 24.6 Å². The number of piperazine rings is 1. The van der Waals surface area contributed by atoms with Crippen LogP contribution in [0.4, 0.5) is 29.1 Å². The number of carbonyl (C=O) groups is 1. The Labute approximate surface area is 275 Å². The lowest BCUT2D eigenvalue weighted by atomic mass is 9.69. The molecule has 0 bridgehead atoms. The lowest BCUT2D eigenvalue weighted by molar-refractivity contribution is -0.138. The Kier molecular flexibility index (Phi) is 9.52. The largest absolute Gasteiger partial charge is 0.481 e. The second-order valence-corrected chi connectivity index (χ2v) is 12.8. The number of H-pyrrole nitrogens is 1. The summed E-state index contributed by atoms with van der Waals surface area (Å²) in [6.07, 6.45) is 2.38. The number of aliphatic carboxylic acids is 1. The molecule has 1 saturated carbocycles. The number of halogens is 4. The summed E-state index contributed by atoms with van der Waals surface area (Å²) in [5.41, 5.74) is 0.923. The maximum Gasteiger partial charge on any atom is 0.416 e. The summed E-state index contributed by atoms with van der Waals surface area (Å²) < 4.78 is 60.7. The number of fused-ring (bicyclic) bond motifs is 1. The minimum absolute atomic E-state index is 0.00944. The molecule has 0 unspecified atom stereocenters. The highest BCUT2D eigenvalue weighted by molar-refractivity contribution is 5.91. The quantitative estimate of drug-likeness (QED) is 0.187. The number of imidazole rings is 1. The van der Waals surface area contributed by atoms with Crippen molar-refractivity contribution in [3.8, 4) is 22.8 Å². The average molecular weight is 671 g/mol. The zero-order valence-corrected chi connectivity index (χ0v) is 26.9. The highest BCUT2D eigenvalue weighted by Gasteiger charge is 2.38. The number of carboxylic acid groups (broad SMARTS) is 1. The summed E-state index contributed by atoms with van der Waals surface area (Å²) in [6.45, 7) is 4.99. The molecule has 0 atom stereocenters. The van der Waals surface area contributed by atoms with E-state index in [-0.39, 0.29) is 28.7 Å². The van der Waals surface area contributed by atoms with Crippen molar-refractivity contribution in [3.63, 3.8) is 0 Å². The van der Waals surface area contributed by atoms with Crippen molar-refractivity contribution in [2.75, 3.05) is 69.8 Å². The molecule has 48 heavy (non-hydrogen) atoms. The smallest absolute Gasteiger partial charge is 0.416 e. The standard InChI is InChI=1S/C33H38F4N8O3/c1-43(19-32(20-48-2)6-4-7-32)26-16-24(21-13-22(33(35,36)37)15-23(34)14-21)40-31-29(26)41-30(42-31)25-17-39-27(18-38-25)45-11-9-44(10-12-45)8-3-5-28(46)47/h13-18H,3-12,19-20H2,1-2H3,(H,46,47)(H,40,41,42). The molecule has 4 aromatic rings. The van der Waals surface area contributed by atoms with Gasteiger partial charge in [-0.15, -0.1) is 0 Å². The molecule has 6 rings (SSSR count). The first kappa shape index (κ1) is 33.5. The van der Waals surface area contributed by atoms with Gasteiger partial charge in [0.05, 0.1) is 35.9 Å². The predicted molar refractivity (Wildman–Crippen MR) is 172 cm³/mol. The van der Waals surface area contributed by atoms with Gasteiger partial charge in [0.15, 0.2) is 11.5 Å². The number of ether oxygens (including phenoxy) is 1. The number of anilines is 2. The average Bonchev–Trinajstić information content (AvgIpc) is 3.47. The van der Waals surface area contributed by atoms with E-state index in [0.717, 1.165) is 64.1 Å². The highest BCUT2D eigenvalue weighted by atomic mass is 19.4. The van der Waals surface area contributed by atoms with E-state index >= 15 is 0 Å². The summed E-state index contributed by atoms with van der Waals surface area (Å²) in [6, 6.07) is 4.07. The number of rotatable bonds is 12. The van der Waals surface area contributed by atoms with Crippen LogP contribution >= 0.6 is 0 Å². The first-order valence-electron chi connectivity index (χ1n) is 15.9. The summed E-state index contributed by atoms with van der Waals surface area (Å²) in [5, 5.41) is 8.88. The molecule has 3 aromatic heterocycles. The number of carboxylic acids is 1. The van der Waals surface area contributed by atoms with Crippen molar-refractivity contribution >= 4 is 28.6 Å². The molecule has 256 valence electrons. The van der Waals surface area contributed by atoms with E-state index in [0.29, 0.717) is 54.2 Å². The van der Waals surface area contributed by atoms with E-state index in [4.69, 9.17) is 9.84 Å². The number of hydrogen-bond acceptors (Lipinski definition) is 9. The van der Waals surface area contributed by atoms with Gasteiger partial charge in [0, 0.05) is 64.3 Å². The second kappa shape index (κ2) is 13.6. The molecule has 2 aliphatic rings. The van der Waals surface area contributed by atoms with Gasteiger partial charge in [0.2, 0.25) is 0 Å². The zero-order chi connectivity index (χ0) is 34.1. The summed E-state index contributed by atoms with van der Waals surface area (Å²) >= 11 is 0. The minimum atomic E-state index is -4.73. The SMILES string of the molecule is COCC1(CN(C)c2cc(-c3cc(F)cc(C(F)(F)F)c3)nc3nc(-c4cnc(N5CCN(CCCC(=O)O)CC5)cn4)[nH]c23)CCC1. The van der Waals surface area contributed by atoms with Gasteiger partial charge >= 0.3 is 12.1 Å². The van der Waals surface area contributed by atoms with Crippen LogP contribution in [0, 0.1) is 11.2 Å². The normalized spacial score (nSPS) is 16.7. The zero-order valence-electron chi connectivity index (χ0n) is 26.9. The third kappa shape index (κ3) is 7.36. The lowest BCUT2D eigenvalue weighted by Gasteiger charge is -2.44. The summed E-state index contributed by atoms with van der Waals surface area (Å²) in [5.74, 6) is -0.709. The van der Waals surface area contributed by atoms with Crippen molar-refractivity contribution in [2.24, 2.45) is 5.41 Å². The first-order chi connectivity index (χ1) is 22.9. The van der Waals surface area contributed by atoms with Crippen molar-refractivity contribution in [1.29, 1.82) is 0 Å². The van der Waals surface area contributed by atoms with Crippen LogP contribution < -0.4 is 9.80 Å². The van der Waals surface area contributed by atoms with Crippen LogP contribution in [0.1, 0.15) is 37.7 Å². The molecular formula is C33H38F4N8O3. The van der Waals surface area contributed by atoms with Crippen LogP contribution in [0.2, 0.25) is 0 Å². The lowest BCUT2D eigenvalue weighted by Crippen LogP contribution is -2.47. The van der Waals surface area contributed by atoms with Crippen LogP contribution in [0.3, 0.4) is 0 Å². The van der Waals surface area contributed by atoms with Crippen LogP contribution in [-0.2, 0) is 15.7 Å². The van der Waals surface area contributed by atoms with Gasteiger partial charge in [-0.2, -0.15) is 13.2 Å². The monoisotopic (exact) mass is 670 g/mol. The van der Waals surface area contributed by atoms with Crippen LogP contribution in [-0.4, -0.2) is 101 Å². The number of methoxy groups -OCH3 is 1. The molecular weight excluding hydrogens is 632 g/mol. The Morgan fingerprint density at radius 2 is 1.83 bits per heavy atom. The van der Waals surface area contributed by atoms with E-state index in [1.165, 1.54) is 0 Å². The van der Waals surface area contributed by atoms with E-state index in [1.54, 1.807) is 25.6 Å². The molecule has 1 saturated heterocycles. The second-order valence-electron chi connectivity index (χ2n) is 12.8. The van der Waals surface area contributed by atoms with E-state index in [1.807, 2.05) is 11.9 Å². The predicted octanol–water partition coefficient (Wildman–Crippen LogP) is 5.48. The fourth-order valence-corrected chi connectivity index (χ4v) is 6.62. The van der Waals surface area contributed by atoms with Crippen molar-refractivity contribution in [1.82, 2.24) is 29.8 Å². The van der Waals surface area contributed by atoms with E-state index in [9.17, 15) is 22.4 Å². The number of aromatic amines is 1. The van der Waals surface area contributed by atoms with Gasteiger partial charge in [-0.1, -0.05) is 6.42 Å². The first-order valence-corrected chi connectivity index (χ1v) is 15.9. The van der Waals surface area contributed by atoms with Gasteiger partial charge in [-0.25, -0.2) is 24.3 Å². The third-order valence-corrected chi connectivity index (χ3v) is 9.25. The topological polar surface area (TPSA) is 124 Å².